The minimum absolute atomic E-state index is 0.113. The summed E-state index contributed by atoms with van der Waals surface area (Å²) in [6.07, 6.45) is 8.32. The summed E-state index contributed by atoms with van der Waals surface area (Å²) in [6.45, 7) is 5.29. The third kappa shape index (κ3) is 4.22. The fraction of sp³-hybridized carbons (Fsp3) is 0.421. The van der Waals surface area contributed by atoms with E-state index in [1.54, 1.807) is 37.8 Å². The van der Waals surface area contributed by atoms with E-state index in [1.165, 1.54) is 0 Å². The molecule has 0 aromatic carbocycles. The van der Waals surface area contributed by atoms with Crippen molar-refractivity contribution in [3.8, 4) is 0 Å². The summed E-state index contributed by atoms with van der Waals surface area (Å²) in [5, 5.41) is 2.90. The summed E-state index contributed by atoms with van der Waals surface area (Å²) in [7, 11) is 0. The molecular weight excluding hydrogens is 330 g/mol. The summed E-state index contributed by atoms with van der Waals surface area (Å²) in [5.41, 5.74) is 3.17. The lowest BCUT2D eigenvalue weighted by molar-refractivity contribution is -0.129. The van der Waals surface area contributed by atoms with Crippen molar-refractivity contribution in [2.45, 2.75) is 39.2 Å². The highest BCUT2D eigenvalue weighted by Gasteiger charge is 2.25. The second-order valence-electron chi connectivity index (χ2n) is 6.60. The molecule has 2 aromatic heterocycles. The molecule has 0 atom stereocenters. The van der Waals surface area contributed by atoms with Crippen LogP contribution >= 0.6 is 0 Å². The molecule has 0 radical (unpaired) electrons. The minimum atomic E-state index is -0.177. The molecule has 1 aliphatic rings. The number of nitrogens with zero attached hydrogens (tertiary/aromatic N) is 4. The quantitative estimate of drug-likeness (QED) is 0.906. The topological polar surface area (TPSA) is 88.1 Å². The molecule has 7 heteroatoms. The zero-order valence-electron chi connectivity index (χ0n) is 15.1. The van der Waals surface area contributed by atoms with Gasteiger partial charge in [-0.25, -0.2) is 0 Å². The first-order chi connectivity index (χ1) is 12.5. The van der Waals surface area contributed by atoms with Crippen LogP contribution in [0.15, 0.2) is 30.9 Å². The molecule has 1 N–H and O–H groups in total. The van der Waals surface area contributed by atoms with Crippen LogP contribution in [0.3, 0.4) is 0 Å². The Balaban J connectivity index is 1.66. The highest BCUT2D eigenvalue weighted by atomic mass is 16.2. The van der Waals surface area contributed by atoms with Crippen molar-refractivity contribution in [2.75, 3.05) is 13.1 Å². The molecular formula is C19H23N5O2. The number of carbonyl (C=O) groups is 2. The van der Waals surface area contributed by atoms with Crippen molar-refractivity contribution in [3.05, 3.63) is 53.4 Å². The second kappa shape index (κ2) is 8.03. The predicted octanol–water partition coefficient (Wildman–Crippen LogP) is 1.84. The summed E-state index contributed by atoms with van der Waals surface area (Å²) < 4.78 is 0. The van der Waals surface area contributed by atoms with Gasteiger partial charge >= 0.3 is 0 Å². The van der Waals surface area contributed by atoms with Gasteiger partial charge in [-0.05, 0) is 31.4 Å². The number of amides is 2. The summed E-state index contributed by atoms with van der Waals surface area (Å²) in [6, 6.07) is 1.80. The fourth-order valence-electron chi connectivity index (χ4n) is 3.27. The Morgan fingerprint density at radius 2 is 1.92 bits per heavy atom. The molecule has 1 saturated heterocycles. The number of likely N-dealkylation sites (tertiary alicyclic amines) is 1. The van der Waals surface area contributed by atoms with Gasteiger partial charge in [-0.3, -0.25) is 24.5 Å². The zero-order chi connectivity index (χ0) is 18.5. The summed E-state index contributed by atoms with van der Waals surface area (Å²) in [4.78, 5) is 38.7. The Kier molecular flexibility index (Phi) is 5.55. The molecule has 3 rings (SSSR count). The summed E-state index contributed by atoms with van der Waals surface area (Å²) in [5.74, 6) is 0.192. The van der Waals surface area contributed by atoms with Crippen molar-refractivity contribution in [2.24, 2.45) is 0 Å². The smallest absolute Gasteiger partial charge is 0.253 e. The largest absolute Gasteiger partial charge is 0.346 e. The molecule has 1 aliphatic heterocycles. The van der Waals surface area contributed by atoms with E-state index in [9.17, 15) is 9.59 Å². The SMILES string of the molecule is CC(=O)N1CCC(c2nccnc2CNC(=O)c2cncc(C)c2)CC1. The number of piperidine rings is 1. The lowest BCUT2D eigenvalue weighted by atomic mass is 9.92. The molecule has 26 heavy (non-hydrogen) atoms. The first-order valence-electron chi connectivity index (χ1n) is 8.79. The van der Waals surface area contributed by atoms with Gasteiger partial charge in [0.15, 0.2) is 0 Å². The Labute approximate surface area is 152 Å². The van der Waals surface area contributed by atoms with Crippen molar-refractivity contribution in [3.63, 3.8) is 0 Å². The highest BCUT2D eigenvalue weighted by molar-refractivity contribution is 5.93. The third-order valence-electron chi connectivity index (χ3n) is 4.69. The minimum Gasteiger partial charge on any atom is -0.346 e. The van der Waals surface area contributed by atoms with Gasteiger partial charge in [0.2, 0.25) is 5.91 Å². The Morgan fingerprint density at radius 3 is 2.62 bits per heavy atom. The van der Waals surface area contributed by atoms with E-state index in [4.69, 9.17) is 0 Å². The van der Waals surface area contributed by atoms with Crippen LogP contribution in [0.1, 0.15) is 53.0 Å². The first-order valence-corrected chi connectivity index (χ1v) is 8.79. The van der Waals surface area contributed by atoms with Crippen LogP contribution < -0.4 is 5.32 Å². The Morgan fingerprint density at radius 1 is 1.19 bits per heavy atom. The van der Waals surface area contributed by atoms with Crippen molar-refractivity contribution < 1.29 is 9.59 Å². The van der Waals surface area contributed by atoms with Gasteiger partial charge < -0.3 is 10.2 Å². The number of carbonyl (C=O) groups excluding carboxylic acids is 2. The fourth-order valence-corrected chi connectivity index (χ4v) is 3.27. The van der Waals surface area contributed by atoms with Gasteiger partial charge in [-0.1, -0.05) is 0 Å². The van der Waals surface area contributed by atoms with Gasteiger partial charge in [0.25, 0.3) is 5.91 Å². The number of hydrogen-bond donors (Lipinski definition) is 1. The Bertz CT molecular complexity index is 800. The lowest BCUT2D eigenvalue weighted by Gasteiger charge is -2.31. The molecule has 3 heterocycles. The van der Waals surface area contributed by atoms with E-state index >= 15 is 0 Å². The van der Waals surface area contributed by atoms with E-state index in [-0.39, 0.29) is 17.7 Å². The molecule has 136 valence electrons. The van der Waals surface area contributed by atoms with Crippen molar-refractivity contribution in [1.82, 2.24) is 25.2 Å². The van der Waals surface area contributed by atoms with E-state index < -0.39 is 0 Å². The number of aryl methyl sites for hydroxylation is 1. The van der Waals surface area contributed by atoms with E-state index in [1.807, 2.05) is 11.8 Å². The maximum atomic E-state index is 12.3. The van der Waals surface area contributed by atoms with Crippen molar-refractivity contribution >= 4 is 11.8 Å². The molecule has 1 fully saturated rings. The predicted molar refractivity (Wildman–Crippen MR) is 96.4 cm³/mol. The van der Waals surface area contributed by atoms with Gasteiger partial charge in [-0.15, -0.1) is 0 Å². The molecule has 0 unspecified atom stereocenters. The number of rotatable bonds is 4. The molecule has 0 aliphatic carbocycles. The number of nitrogens with one attached hydrogen (secondary N) is 1. The van der Waals surface area contributed by atoms with E-state index in [0.717, 1.165) is 42.9 Å². The normalized spacial score (nSPS) is 14.9. The van der Waals surface area contributed by atoms with Crippen LogP contribution in [0, 0.1) is 6.92 Å². The zero-order valence-corrected chi connectivity index (χ0v) is 15.1. The second-order valence-corrected chi connectivity index (χ2v) is 6.60. The van der Waals surface area contributed by atoms with Gasteiger partial charge in [0.05, 0.1) is 23.5 Å². The average Bonchev–Trinajstić information content (AvgIpc) is 2.66. The average molecular weight is 353 g/mol. The van der Waals surface area contributed by atoms with Crippen LogP contribution in [0.25, 0.3) is 0 Å². The van der Waals surface area contributed by atoms with Gasteiger partial charge in [0, 0.05) is 50.7 Å². The molecule has 7 nitrogen and oxygen atoms in total. The molecule has 2 aromatic rings. The monoisotopic (exact) mass is 353 g/mol. The third-order valence-corrected chi connectivity index (χ3v) is 4.69. The lowest BCUT2D eigenvalue weighted by Crippen LogP contribution is -2.37. The highest BCUT2D eigenvalue weighted by Crippen LogP contribution is 2.28. The van der Waals surface area contributed by atoms with Crippen LogP contribution in [0.4, 0.5) is 0 Å². The molecule has 0 saturated carbocycles. The van der Waals surface area contributed by atoms with Crippen LogP contribution in [-0.2, 0) is 11.3 Å². The standard InChI is InChI=1S/C19H23N5O2/c1-13-9-16(11-20-10-13)19(26)23-12-17-18(22-6-5-21-17)15-3-7-24(8-4-15)14(2)25/h5-6,9-11,15H,3-4,7-8,12H2,1-2H3,(H,23,26). The van der Waals surface area contributed by atoms with Crippen molar-refractivity contribution in [1.29, 1.82) is 0 Å². The number of aromatic nitrogens is 3. The van der Waals surface area contributed by atoms with E-state index in [2.05, 4.69) is 20.3 Å². The first kappa shape index (κ1) is 18.0. The molecule has 2 amide bonds. The number of pyridine rings is 1. The van der Waals surface area contributed by atoms with Gasteiger partial charge in [0.1, 0.15) is 0 Å². The molecule has 0 spiro atoms. The van der Waals surface area contributed by atoms with Crippen LogP contribution in [0.2, 0.25) is 0 Å². The van der Waals surface area contributed by atoms with Crippen LogP contribution in [-0.4, -0.2) is 44.8 Å². The van der Waals surface area contributed by atoms with Gasteiger partial charge in [-0.2, -0.15) is 0 Å². The Hall–Kier alpha value is -2.83. The van der Waals surface area contributed by atoms with E-state index in [0.29, 0.717) is 12.1 Å². The summed E-state index contributed by atoms with van der Waals surface area (Å²) >= 11 is 0. The molecule has 0 bridgehead atoms. The maximum absolute atomic E-state index is 12.3. The number of hydrogen-bond acceptors (Lipinski definition) is 5. The van der Waals surface area contributed by atoms with Crippen LogP contribution in [0.5, 0.6) is 0 Å². The maximum Gasteiger partial charge on any atom is 0.253 e.